The van der Waals surface area contributed by atoms with Crippen molar-refractivity contribution in [2.24, 2.45) is 23.1 Å². The van der Waals surface area contributed by atoms with Crippen LogP contribution in [0.15, 0.2) is 48.5 Å². The number of hydrogen-bond acceptors (Lipinski definition) is 16. The van der Waals surface area contributed by atoms with Crippen molar-refractivity contribution in [1.29, 1.82) is 0 Å². The number of benzene rings is 2. The minimum Gasteiger partial charge on any atom is -0.508 e. The van der Waals surface area contributed by atoms with Gasteiger partial charge < -0.3 is 84.4 Å². The standard InChI is InChI=1S/C51H77N11O14/c1-29(2)42(48(72)58-37(25-30-13-17-32(65)18-14-30)44(68)56-36(51(75)76)10-4-6-22-53)60-45(69)38(26-31-15-19-33(66)20-16-31)57-43(67)35(9-3-5-21-52)55-46(70)41-12-8-24-62(41)50(74)39(28-64)59-47(71)40-11-7-23-61(40)49(73)34(54)27-63/h13-20,29,34-42,63-66H,3-12,21-28,52-54H2,1-2H3,(H,55,70)(H,56,68)(H,57,67)(H,58,72)(H,59,71)(H,60,69)(H,75,76)/t34-,35-,36-,37-,38-,39-,40-,41-,42-/m0/s1. The van der Waals surface area contributed by atoms with Gasteiger partial charge in [0.05, 0.1) is 13.2 Å². The smallest absolute Gasteiger partial charge is 0.326 e. The zero-order chi connectivity index (χ0) is 56.1. The fourth-order valence-electron chi connectivity index (χ4n) is 9.08. The molecule has 420 valence electrons. The second-order valence-electron chi connectivity index (χ2n) is 19.5. The van der Waals surface area contributed by atoms with Crippen molar-refractivity contribution in [1.82, 2.24) is 41.7 Å². The summed E-state index contributed by atoms with van der Waals surface area (Å²) in [5.41, 5.74) is 18.1. The summed E-state index contributed by atoms with van der Waals surface area (Å²) in [4.78, 5) is 126. The summed E-state index contributed by atoms with van der Waals surface area (Å²) in [5.74, 6) is -8.28. The van der Waals surface area contributed by atoms with Crippen LogP contribution in [0.25, 0.3) is 0 Å². The number of amides is 8. The highest BCUT2D eigenvalue weighted by Crippen LogP contribution is 2.22. The molecule has 2 aliphatic rings. The number of carboxylic acids is 1. The van der Waals surface area contributed by atoms with Gasteiger partial charge in [0.1, 0.15) is 65.9 Å². The number of aromatic hydroxyl groups is 2. The second-order valence-corrected chi connectivity index (χ2v) is 19.5. The van der Waals surface area contributed by atoms with E-state index in [1.54, 1.807) is 13.8 Å². The summed E-state index contributed by atoms with van der Waals surface area (Å²) < 4.78 is 0. The number of phenolic OH excluding ortho intramolecular Hbond substituents is 2. The van der Waals surface area contributed by atoms with Crippen molar-refractivity contribution in [2.75, 3.05) is 39.4 Å². The number of carbonyl (C=O) groups is 9. The highest BCUT2D eigenvalue weighted by Gasteiger charge is 2.42. The third-order valence-corrected chi connectivity index (χ3v) is 13.4. The number of likely N-dealkylation sites (tertiary alicyclic amines) is 2. The Hall–Kier alpha value is -6.93. The molecule has 4 rings (SSSR count). The van der Waals surface area contributed by atoms with Crippen LogP contribution in [0.3, 0.4) is 0 Å². The summed E-state index contributed by atoms with van der Waals surface area (Å²) in [6.07, 6.45) is 2.68. The SMILES string of the molecule is CC(C)[C@H](NC(=O)[C@H](Cc1ccc(O)cc1)NC(=O)[C@H](CCCCN)NC(=O)[C@@H]1CCCN1C(=O)[C@H](CO)NC(=O)[C@@H]1CCCN1C(=O)[C@@H](N)CO)C(=O)N[C@@H](Cc1ccc(O)cc1)C(=O)N[C@@H](CCCCN)C(=O)O. The van der Waals surface area contributed by atoms with Crippen LogP contribution in [0.1, 0.15) is 89.2 Å². The van der Waals surface area contributed by atoms with Crippen molar-refractivity contribution in [3.63, 3.8) is 0 Å². The normalized spacial score (nSPS) is 18.1. The van der Waals surface area contributed by atoms with Gasteiger partial charge in [-0.3, -0.25) is 38.4 Å². The van der Waals surface area contributed by atoms with Crippen molar-refractivity contribution in [3.8, 4) is 11.5 Å². The van der Waals surface area contributed by atoms with Crippen molar-refractivity contribution < 1.29 is 68.7 Å². The van der Waals surface area contributed by atoms with Crippen molar-refractivity contribution >= 4 is 53.2 Å². The summed E-state index contributed by atoms with van der Waals surface area (Å²) in [6, 6.07) is -0.0752. The molecule has 2 aromatic rings. The highest BCUT2D eigenvalue weighted by molar-refractivity contribution is 5.98. The number of phenols is 2. The van der Waals surface area contributed by atoms with E-state index in [9.17, 15) is 68.7 Å². The number of rotatable bonds is 30. The molecule has 0 unspecified atom stereocenters. The van der Waals surface area contributed by atoms with Gasteiger partial charge in [-0.1, -0.05) is 38.1 Å². The van der Waals surface area contributed by atoms with E-state index in [-0.39, 0.29) is 69.7 Å². The monoisotopic (exact) mass is 1070 g/mol. The van der Waals surface area contributed by atoms with E-state index >= 15 is 0 Å². The fourth-order valence-corrected chi connectivity index (χ4v) is 9.08. The van der Waals surface area contributed by atoms with Gasteiger partial charge in [-0.05, 0) is 119 Å². The number of nitrogens with zero attached hydrogens (tertiary/aromatic N) is 2. The Labute approximate surface area is 441 Å². The second kappa shape index (κ2) is 30.6. The van der Waals surface area contributed by atoms with Crippen molar-refractivity contribution in [3.05, 3.63) is 59.7 Å². The molecule has 0 bridgehead atoms. The first kappa shape index (κ1) is 61.6. The molecule has 25 nitrogen and oxygen atoms in total. The zero-order valence-corrected chi connectivity index (χ0v) is 43.2. The lowest BCUT2D eigenvalue weighted by Gasteiger charge is -2.31. The lowest BCUT2D eigenvalue weighted by molar-refractivity contribution is -0.145. The lowest BCUT2D eigenvalue weighted by atomic mass is 9.99. The van der Waals surface area contributed by atoms with Gasteiger partial charge in [-0.15, -0.1) is 0 Å². The minimum atomic E-state index is -1.51. The maximum atomic E-state index is 14.5. The number of aliphatic hydroxyl groups is 2. The molecule has 2 fully saturated rings. The van der Waals surface area contributed by atoms with E-state index in [1.807, 2.05) is 0 Å². The van der Waals surface area contributed by atoms with Crippen LogP contribution in [0, 0.1) is 5.92 Å². The first-order valence-electron chi connectivity index (χ1n) is 25.8. The summed E-state index contributed by atoms with van der Waals surface area (Å²) in [5, 5.41) is 65.3. The number of aliphatic hydroxyl groups excluding tert-OH is 2. The van der Waals surface area contributed by atoms with E-state index in [2.05, 4.69) is 31.9 Å². The average molecular weight is 1070 g/mol. The molecular weight excluding hydrogens is 991 g/mol. The maximum Gasteiger partial charge on any atom is 0.326 e. The van der Waals surface area contributed by atoms with Crippen molar-refractivity contribution in [2.45, 2.75) is 145 Å². The largest absolute Gasteiger partial charge is 0.508 e. The molecule has 76 heavy (non-hydrogen) atoms. The maximum absolute atomic E-state index is 14.5. The van der Waals surface area contributed by atoms with Crippen LogP contribution in [0.5, 0.6) is 11.5 Å². The van der Waals surface area contributed by atoms with E-state index in [4.69, 9.17) is 17.2 Å². The Balaban J connectivity index is 1.56. The molecule has 0 aromatic heterocycles. The van der Waals surface area contributed by atoms with E-state index < -0.39 is 127 Å². The predicted molar refractivity (Wildman–Crippen MR) is 275 cm³/mol. The van der Waals surface area contributed by atoms with E-state index in [1.165, 1.54) is 58.3 Å². The fraction of sp³-hybridized carbons (Fsp3) is 0.588. The molecule has 0 saturated carbocycles. The van der Waals surface area contributed by atoms with Crippen LogP contribution in [-0.4, -0.2) is 182 Å². The third kappa shape index (κ3) is 18.1. The van der Waals surface area contributed by atoms with Crippen LogP contribution >= 0.6 is 0 Å². The van der Waals surface area contributed by atoms with Crippen LogP contribution in [0.2, 0.25) is 0 Å². The van der Waals surface area contributed by atoms with Crippen LogP contribution < -0.4 is 49.1 Å². The van der Waals surface area contributed by atoms with Gasteiger partial charge in [0.25, 0.3) is 0 Å². The molecule has 8 amide bonds. The molecule has 0 aliphatic carbocycles. The summed E-state index contributed by atoms with van der Waals surface area (Å²) in [7, 11) is 0. The Morgan fingerprint density at radius 1 is 0.553 bits per heavy atom. The minimum absolute atomic E-state index is 0.0339. The first-order chi connectivity index (χ1) is 36.2. The number of carboxylic acid groups (broad SMARTS) is 1. The molecule has 2 aromatic carbocycles. The molecule has 2 saturated heterocycles. The quantitative estimate of drug-likeness (QED) is 0.0349. The zero-order valence-electron chi connectivity index (χ0n) is 43.2. The average Bonchev–Trinajstić information content (AvgIpc) is 4.10. The number of nitrogens with one attached hydrogen (secondary N) is 6. The van der Waals surface area contributed by atoms with Gasteiger partial charge in [0, 0.05) is 25.9 Å². The number of hydrogen-bond donors (Lipinski definition) is 14. The number of nitrogens with two attached hydrogens (primary N) is 3. The first-order valence-corrected chi connectivity index (χ1v) is 25.8. The lowest BCUT2D eigenvalue weighted by Crippen LogP contribution is -2.61. The molecule has 9 atom stereocenters. The highest BCUT2D eigenvalue weighted by atomic mass is 16.4. The van der Waals surface area contributed by atoms with Gasteiger partial charge in [0.2, 0.25) is 47.3 Å². The molecule has 0 radical (unpaired) electrons. The van der Waals surface area contributed by atoms with E-state index in [0.29, 0.717) is 56.2 Å². The summed E-state index contributed by atoms with van der Waals surface area (Å²) >= 11 is 0. The molecule has 2 aliphatic heterocycles. The van der Waals surface area contributed by atoms with Crippen LogP contribution in [0.4, 0.5) is 0 Å². The van der Waals surface area contributed by atoms with Gasteiger partial charge in [-0.2, -0.15) is 0 Å². The Kier molecular flexibility index (Phi) is 24.8. The van der Waals surface area contributed by atoms with Gasteiger partial charge >= 0.3 is 5.97 Å². The van der Waals surface area contributed by atoms with Crippen LogP contribution in [-0.2, 0) is 56.0 Å². The molecule has 25 heteroatoms. The topological polar surface area (TPSA) is 411 Å². The van der Waals surface area contributed by atoms with Gasteiger partial charge in [0.15, 0.2) is 0 Å². The number of carbonyl (C=O) groups excluding carboxylic acids is 8. The third-order valence-electron chi connectivity index (χ3n) is 13.4. The van der Waals surface area contributed by atoms with E-state index in [0.717, 1.165) is 0 Å². The molecular formula is C51H77N11O14. The Morgan fingerprint density at radius 2 is 0.974 bits per heavy atom. The molecule has 17 N–H and O–H groups in total. The van der Waals surface area contributed by atoms with Gasteiger partial charge in [-0.25, -0.2) is 4.79 Å². The number of aliphatic carboxylic acids is 1. The molecule has 2 heterocycles. The summed E-state index contributed by atoms with van der Waals surface area (Å²) in [6.45, 7) is 2.58. The predicted octanol–water partition coefficient (Wildman–Crippen LogP) is -2.92. The molecule has 0 spiro atoms. The Bertz CT molecular complexity index is 2290. The Morgan fingerprint density at radius 3 is 1.42 bits per heavy atom. The number of unbranched alkanes of at least 4 members (excludes halogenated alkanes) is 2.